The number of aromatic hydroxyl groups is 1. The second-order valence-corrected chi connectivity index (χ2v) is 4.86. The third-order valence-corrected chi connectivity index (χ3v) is 3.10. The predicted octanol–water partition coefficient (Wildman–Crippen LogP) is 2.60. The van der Waals surface area contributed by atoms with Crippen molar-refractivity contribution in [1.82, 2.24) is 4.90 Å². The number of phenols is 1. The molecule has 0 saturated carbocycles. The maximum absolute atomic E-state index is 12.0. The van der Waals surface area contributed by atoms with Crippen LogP contribution in [0.3, 0.4) is 0 Å². The largest absolute Gasteiger partial charge is 0.508 e. The number of benzene rings is 1. The summed E-state index contributed by atoms with van der Waals surface area (Å²) >= 11 is 0. The minimum atomic E-state index is -1.21. The van der Waals surface area contributed by atoms with Crippen molar-refractivity contribution in [1.29, 1.82) is 0 Å². The van der Waals surface area contributed by atoms with Gasteiger partial charge in [0.05, 0.1) is 11.3 Å². The molecule has 3 N–H and O–H groups in total. The van der Waals surface area contributed by atoms with Crippen LogP contribution >= 0.6 is 0 Å². The molecule has 1 rings (SSSR count). The fraction of sp³-hybridized carbons (Fsp3) is 0.429. The SMILES string of the molecule is CCC(C)CN(C)C(=O)Nc1ccc(O)cc1C(=O)O. The van der Waals surface area contributed by atoms with E-state index in [1.54, 1.807) is 7.05 Å². The van der Waals surface area contributed by atoms with Gasteiger partial charge in [0.2, 0.25) is 0 Å². The van der Waals surface area contributed by atoms with Gasteiger partial charge in [-0.2, -0.15) is 0 Å². The van der Waals surface area contributed by atoms with Gasteiger partial charge in [0, 0.05) is 13.6 Å². The molecule has 1 atom stereocenters. The minimum absolute atomic E-state index is 0.143. The number of nitrogens with one attached hydrogen (secondary N) is 1. The molecule has 0 aliphatic rings. The van der Waals surface area contributed by atoms with Crippen LogP contribution in [-0.2, 0) is 0 Å². The first-order chi connectivity index (χ1) is 9.35. The number of phenolic OH excluding ortho intramolecular Hbond substituents is 1. The van der Waals surface area contributed by atoms with E-state index in [-0.39, 0.29) is 23.0 Å². The monoisotopic (exact) mass is 280 g/mol. The Morgan fingerprint density at radius 1 is 1.40 bits per heavy atom. The first-order valence-corrected chi connectivity index (χ1v) is 6.43. The molecule has 0 fully saturated rings. The molecule has 0 aromatic heterocycles. The summed E-state index contributed by atoms with van der Waals surface area (Å²) in [6, 6.07) is 3.43. The van der Waals surface area contributed by atoms with Gasteiger partial charge in [-0.15, -0.1) is 0 Å². The van der Waals surface area contributed by atoms with Gasteiger partial charge in [0.1, 0.15) is 5.75 Å². The van der Waals surface area contributed by atoms with Crippen LogP contribution in [0.2, 0.25) is 0 Å². The van der Waals surface area contributed by atoms with E-state index in [2.05, 4.69) is 5.32 Å². The Balaban J connectivity index is 2.83. The van der Waals surface area contributed by atoms with Crippen molar-refractivity contribution >= 4 is 17.7 Å². The van der Waals surface area contributed by atoms with E-state index in [0.717, 1.165) is 12.5 Å². The molecule has 0 saturated heterocycles. The molecule has 0 radical (unpaired) electrons. The third-order valence-electron chi connectivity index (χ3n) is 3.10. The maximum Gasteiger partial charge on any atom is 0.337 e. The normalized spacial score (nSPS) is 11.8. The Labute approximate surface area is 118 Å². The highest BCUT2D eigenvalue weighted by Crippen LogP contribution is 2.21. The van der Waals surface area contributed by atoms with Crippen molar-refractivity contribution in [2.45, 2.75) is 20.3 Å². The van der Waals surface area contributed by atoms with Gasteiger partial charge in [-0.1, -0.05) is 20.3 Å². The Morgan fingerprint density at radius 2 is 2.05 bits per heavy atom. The average Bonchev–Trinajstić information content (AvgIpc) is 2.40. The molecular formula is C14H20N2O4. The number of rotatable bonds is 5. The van der Waals surface area contributed by atoms with E-state index in [9.17, 15) is 14.7 Å². The molecule has 1 aromatic carbocycles. The summed E-state index contributed by atoms with van der Waals surface area (Å²) in [7, 11) is 1.66. The van der Waals surface area contributed by atoms with Crippen LogP contribution in [-0.4, -0.2) is 40.7 Å². The molecule has 0 aliphatic heterocycles. The minimum Gasteiger partial charge on any atom is -0.508 e. The molecular weight excluding hydrogens is 260 g/mol. The van der Waals surface area contributed by atoms with E-state index >= 15 is 0 Å². The van der Waals surface area contributed by atoms with Crippen LogP contribution in [0.5, 0.6) is 5.75 Å². The van der Waals surface area contributed by atoms with Gasteiger partial charge < -0.3 is 20.4 Å². The fourth-order valence-electron chi connectivity index (χ4n) is 1.71. The Hall–Kier alpha value is -2.24. The lowest BCUT2D eigenvalue weighted by Crippen LogP contribution is -2.34. The third kappa shape index (κ3) is 4.15. The molecule has 1 unspecified atom stereocenters. The van der Waals surface area contributed by atoms with Gasteiger partial charge in [-0.05, 0) is 24.1 Å². The van der Waals surface area contributed by atoms with Crippen molar-refractivity contribution in [3.05, 3.63) is 23.8 Å². The van der Waals surface area contributed by atoms with Crippen LogP contribution in [0.25, 0.3) is 0 Å². The summed E-state index contributed by atoms with van der Waals surface area (Å²) in [6.07, 6.45) is 0.956. The lowest BCUT2D eigenvalue weighted by atomic mass is 10.1. The van der Waals surface area contributed by atoms with E-state index in [4.69, 9.17) is 5.11 Å². The zero-order chi connectivity index (χ0) is 15.3. The number of amides is 2. The van der Waals surface area contributed by atoms with Crippen molar-refractivity contribution in [2.24, 2.45) is 5.92 Å². The van der Waals surface area contributed by atoms with E-state index in [0.29, 0.717) is 12.5 Å². The summed E-state index contributed by atoms with van der Waals surface area (Å²) in [5.74, 6) is -1.00. The van der Waals surface area contributed by atoms with E-state index < -0.39 is 5.97 Å². The van der Waals surface area contributed by atoms with Gasteiger partial charge >= 0.3 is 12.0 Å². The van der Waals surface area contributed by atoms with Crippen LogP contribution in [0.4, 0.5) is 10.5 Å². The Morgan fingerprint density at radius 3 is 2.60 bits per heavy atom. The number of carbonyl (C=O) groups excluding carboxylic acids is 1. The highest BCUT2D eigenvalue weighted by molar-refractivity contribution is 6.00. The van der Waals surface area contributed by atoms with Crippen LogP contribution < -0.4 is 5.32 Å². The highest BCUT2D eigenvalue weighted by Gasteiger charge is 2.16. The second-order valence-electron chi connectivity index (χ2n) is 4.86. The Bertz CT molecular complexity index is 502. The predicted molar refractivity (Wildman–Crippen MR) is 76.2 cm³/mol. The van der Waals surface area contributed by atoms with E-state index in [1.165, 1.54) is 17.0 Å². The van der Waals surface area contributed by atoms with Crippen molar-refractivity contribution in [3.63, 3.8) is 0 Å². The zero-order valence-electron chi connectivity index (χ0n) is 11.9. The first-order valence-electron chi connectivity index (χ1n) is 6.43. The number of nitrogens with zero attached hydrogens (tertiary/aromatic N) is 1. The van der Waals surface area contributed by atoms with Gasteiger partial charge in [-0.25, -0.2) is 9.59 Å². The zero-order valence-corrected chi connectivity index (χ0v) is 11.9. The summed E-state index contributed by atoms with van der Waals surface area (Å²) in [6.45, 7) is 4.66. The summed E-state index contributed by atoms with van der Waals surface area (Å²) in [5, 5.41) is 20.9. The molecule has 1 aromatic rings. The molecule has 0 spiro atoms. The van der Waals surface area contributed by atoms with Crippen LogP contribution in [0.15, 0.2) is 18.2 Å². The average molecular weight is 280 g/mol. The number of carbonyl (C=O) groups is 2. The number of carboxylic acids is 1. The van der Waals surface area contributed by atoms with Gasteiger partial charge in [0.25, 0.3) is 0 Å². The quantitative estimate of drug-likeness (QED) is 0.723. The lowest BCUT2D eigenvalue weighted by Gasteiger charge is -2.21. The number of anilines is 1. The topological polar surface area (TPSA) is 89.9 Å². The summed E-state index contributed by atoms with van der Waals surface area (Å²) in [5.41, 5.74) is 0.0200. The molecule has 6 heteroatoms. The van der Waals surface area contributed by atoms with Gasteiger partial charge in [-0.3, -0.25) is 0 Å². The second kappa shape index (κ2) is 6.79. The number of hydrogen-bond donors (Lipinski definition) is 3. The Kier molecular flexibility index (Phi) is 5.37. The highest BCUT2D eigenvalue weighted by atomic mass is 16.4. The molecule has 0 bridgehead atoms. The van der Waals surface area contributed by atoms with Gasteiger partial charge in [0.15, 0.2) is 0 Å². The van der Waals surface area contributed by atoms with Crippen LogP contribution in [0, 0.1) is 5.92 Å². The van der Waals surface area contributed by atoms with E-state index in [1.807, 2.05) is 13.8 Å². The molecule has 110 valence electrons. The van der Waals surface area contributed by atoms with Crippen molar-refractivity contribution in [2.75, 3.05) is 18.9 Å². The molecule has 20 heavy (non-hydrogen) atoms. The number of aromatic carboxylic acids is 1. The maximum atomic E-state index is 12.0. The van der Waals surface area contributed by atoms with Crippen molar-refractivity contribution < 1.29 is 19.8 Å². The lowest BCUT2D eigenvalue weighted by molar-refractivity contribution is 0.0697. The smallest absolute Gasteiger partial charge is 0.337 e. The molecule has 0 aliphatic carbocycles. The molecule has 6 nitrogen and oxygen atoms in total. The fourth-order valence-corrected chi connectivity index (χ4v) is 1.71. The standard InChI is InChI=1S/C14H20N2O4/c1-4-9(2)8-16(3)14(20)15-12-6-5-10(17)7-11(12)13(18)19/h5-7,9,17H,4,8H2,1-3H3,(H,15,20)(H,18,19). The number of urea groups is 1. The first kappa shape index (κ1) is 15.8. The van der Waals surface area contributed by atoms with Crippen LogP contribution in [0.1, 0.15) is 30.6 Å². The molecule has 2 amide bonds. The number of carboxylic acid groups (broad SMARTS) is 1. The van der Waals surface area contributed by atoms with Crippen molar-refractivity contribution in [3.8, 4) is 5.75 Å². The summed E-state index contributed by atoms with van der Waals surface area (Å²) in [4.78, 5) is 24.6. The number of hydrogen-bond acceptors (Lipinski definition) is 3. The molecule has 0 heterocycles. The summed E-state index contributed by atoms with van der Waals surface area (Å²) < 4.78 is 0.